The Labute approximate surface area is 149 Å². The Kier molecular flexibility index (Phi) is 3.76. The first kappa shape index (κ1) is 16.4. The van der Waals surface area contributed by atoms with Crippen LogP contribution in [0.2, 0.25) is 0 Å². The highest BCUT2D eigenvalue weighted by atomic mass is 16.2. The Morgan fingerprint density at radius 3 is 2.72 bits per heavy atom. The summed E-state index contributed by atoms with van der Waals surface area (Å²) in [6, 6.07) is 9.15. The monoisotopic (exact) mass is 338 g/mol. The number of aromatic nitrogens is 1. The van der Waals surface area contributed by atoms with Crippen LogP contribution in [0.5, 0.6) is 0 Å². The predicted octanol–water partition coefficient (Wildman–Crippen LogP) is 2.98. The molecule has 0 fully saturated rings. The quantitative estimate of drug-likeness (QED) is 0.790. The third kappa shape index (κ3) is 2.43. The first-order valence-electron chi connectivity index (χ1n) is 9.37. The standard InChI is InChI=1S/C21H28N3O/c1-5-22(6-2)21(25)16-12-18-17-9-7-8-15-10-11-23(20(15)17)13-19(18)24(3,4)14-16/h7-12,16,19H,5-6,13-14H2,1-4H3/q+1. The molecule has 0 saturated heterocycles. The van der Waals surface area contributed by atoms with Crippen LogP contribution in [0.1, 0.15) is 19.4 Å². The van der Waals surface area contributed by atoms with Crippen LogP contribution in [0, 0.1) is 5.92 Å². The number of fused-ring (bicyclic) bond motifs is 2. The van der Waals surface area contributed by atoms with E-state index in [1.54, 1.807) is 0 Å². The number of hydrogen-bond donors (Lipinski definition) is 0. The molecule has 25 heavy (non-hydrogen) atoms. The lowest BCUT2D eigenvalue weighted by atomic mass is 9.84. The molecule has 3 heterocycles. The topological polar surface area (TPSA) is 25.2 Å². The lowest BCUT2D eigenvalue weighted by Gasteiger charge is -2.46. The summed E-state index contributed by atoms with van der Waals surface area (Å²) >= 11 is 0. The van der Waals surface area contributed by atoms with Crippen molar-refractivity contribution < 1.29 is 9.28 Å². The molecule has 132 valence electrons. The number of carbonyl (C=O) groups excluding carboxylic acids is 1. The van der Waals surface area contributed by atoms with E-state index >= 15 is 0 Å². The van der Waals surface area contributed by atoms with Crippen molar-refractivity contribution in [1.82, 2.24) is 9.47 Å². The van der Waals surface area contributed by atoms with Gasteiger partial charge in [-0.15, -0.1) is 0 Å². The van der Waals surface area contributed by atoms with Gasteiger partial charge in [0.05, 0.1) is 32.7 Å². The second kappa shape index (κ2) is 5.73. The van der Waals surface area contributed by atoms with E-state index in [0.717, 1.165) is 30.7 Å². The number of nitrogens with zero attached hydrogens (tertiary/aromatic N) is 3. The number of amides is 1. The molecule has 0 spiro atoms. The van der Waals surface area contributed by atoms with Gasteiger partial charge in [-0.1, -0.05) is 24.3 Å². The summed E-state index contributed by atoms with van der Waals surface area (Å²) in [4.78, 5) is 15.0. The number of carbonyl (C=O) groups is 1. The molecule has 4 heteroatoms. The van der Waals surface area contributed by atoms with Gasteiger partial charge in [0.1, 0.15) is 12.0 Å². The average Bonchev–Trinajstić information content (AvgIpc) is 3.01. The molecular weight excluding hydrogens is 310 g/mol. The summed E-state index contributed by atoms with van der Waals surface area (Å²) in [5.41, 5.74) is 3.99. The molecule has 0 N–H and O–H groups in total. The fraction of sp³-hybridized carbons (Fsp3) is 0.476. The fourth-order valence-corrected chi connectivity index (χ4v) is 4.73. The predicted molar refractivity (Wildman–Crippen MR) is 102 cm³/mol. The zero-order valence-electron chi connectivity index (χ0n) is 15.7. The first-order valence-corrected chi connectivity index (χ1v) is 9.37. The smallest absolute Gasteiger partial charge is 0.235 e. The maximum atomic E-state index is 13.0. The number of benzene rings is 1. The normalized spacial score (nSPS) is 23.9. The second-order valence-corrected chi connectivity index (χ2v) is 7.93. The van der Waals surface area contributed by atoms with Crippen LogP contribution in [-0.2, 0) is 11.3 Å². The maximum absolute atomic E-state index is 13.0. The van der Waals surface area contributed by atoms with E-state index in [4.69, 9.17) is 0 Å². The van der Waals surface area contributed by atoms with Gasteiger partial charge in [-0.3, -0.25) is 4.79 Å². The van der Waals surface area contributed by atoms with Gasteiger partial charge in [-0.25, -0.2) is 0 Å². The highest BCUT2D eigenvalue weighted by molar-refractivity contribution is 5.95. The third-order valence-corrected chi connectivity index (χ3v) is 6.11. The Balaban J connectivity index is 1.84. The van der Waals surface area contributed by atoms with Gasteiger partial charge in [0.25, 0.3) is 0 Å². The van der Waals surface area contributed by atoms with Crippen LogP contribution in [-0.4, -0.2) is 59.6 Å². The largest absolute Gasteiger partial charge is 0.343 e. The molecule has 2 atom stereocenters. The lowest BCUT2D eigenvalue weighted by molar-refractivity contribution is -0.910. The molecule has 0 saturated carbocycles. The molecule has 1 aromatic carbocycles. The highest BCUT2D eigenvalue weighted by Crippen LogP contribution is 2.41. The molecule has 4 nitrogen and oxygen atoms in total. The molecule has 0 aliphatic carbocycles. The molecule has 1 aromatic heterocycles. The van der Waals surface area contributed by atoms with E-state index in [0.29, 0.717) is 6.04 Å². The van der Waals surface area contributed by atoms with Crippen LogP contribution in [0.25, 0.3) is 16.5 Å². The van der Waals surface area contributed by atoms with Crippen LogP contribution < -0.4 is 0 Å². The van der Waals surface area contributed by atoms with Crippen molar-refractivity contribution >= 4 is 22.4 Å². The zero-order valence-corrected chi connectivity index (χ0v) is 15.7. The van der Waals surface area contributed by atoms with Crippen molar-refractivity contribution in [3.63, 3.8) is 0 Å². The molecule has 2 aliphatic heterocycles. The van der Waals surface area contributed by atoms with Gasteiger partial charge >= 0.3 is 0 Å². The molecule has 2 aromatic rings. The van der Waals surface area contributed by atoms with Crippen molar-refractivity contribution in [2.24, 2.45) is 5.92 Å². The van der Waals surface area contributed by atoms with Gasteiger partial charge < -0.3 is 14.0 Å². The van der Waals surface area contributed by atoms with Gasteiger partial charge in [-0.2, -0.15) is 0 Å². The van der Waals surface area contributed by atoms with Crippen LogP contribution in [0.15, 0.2) is 36.5 Å². The van der Waals surface area contributed by atoms with Gasteiger partial charge in [0.2, 0.25) is 5.91 Å². The Morgan fingerprint density at radius 2 is 2.00 bits per heavy atom. The molecule has 0 bridgehead atoms. The maximum Gasteiger partial charge on any atom is 0.235 e. The van der Waals surface area contributed by atoms with Crippen molar-refractivity contribution in [1.29, 1.82) is 0 Å². The summed E-state index contributed by atoms with van der Waals surface area (Å²) < 4.78 is 3.25. The summed E-state index contributed by atoms with van der Waals surface area (Å²) in [6.07, 6.45) is 4.48. The van der Waals surface area contributed by atoms with E-state index in [1.165, 1.54) is 22.0 Å². The van der Waals surface area contributed by atoms with E-state index < -0.39 is 0 Å². The molecule has 1 amide bonds. The van der Waals surface area contributed by atoms with Crippen molar-refractivity contribution in [2.75, 3.05) is 33.7 Å². The molecule has 4 rings (SSSR count). The SMILES string of the molecule is CCN(CC)C(=O)C1C=C2c3cccc4ccn(c34)CC2[N+](C)(C)C1. The van der Waals surface area contributed by atoms with Gasteiger partial charge in [0.15, 0.2) is 0 Å². The minimum Gasteiger partial charge on any atom is -0.343 e. The third-order valence-electron chi connectivity index (χ3n) is 6.11. The number of quaternary nitrogens is 1. The number of likely N-dealkylation sites (N-methyl/N-ethyl adjacent to an activating group) is 1. The lowest BCUT2D eigenvalue weighted by Crippen LogP contribution is -2.58. The molecule has 2 aliphatic rings. The summed E-state index contributed by atoms with van der Waals surface area (Å²) in [5, 5.41) is 1.29. The zero-order chi connectivity index (χ0) is 17.8. The minimum atomic E-state index is -0.0297. The number of hydrogen-bond acceptors (Lipinski definition) is 1. The number of para-hydroxylation sites is 1. The Morgan fingerprint density at radius 1 is 1.24 bits per heavy atom. The molecular formula is C21H28N3O+. The van der Waals surface area contributed by atoms with Gasteiger partial charge in [0, 0.05) is 35.8 Å². The Bertz CT molecular complexity index is 857. The van der Waals surface area contributed by atoms with E-state index in [1.807, 2.05) is 4.90 Å². The molecule has 2 unspecified atom stereocenters. The van der Waals surface area contributed by atoms with Gasteiger partial charge in [-0.05, 0) is 19.9 Å². The van der Waals surface area contributed by atoms with Crippen LogP contribution >= 0.6 is 0 Å². The second-order valence-electron chi connectivity index (χ2n) is 7.93. The van der Waals surface area contributed by atoms with Crippen molar-refractivity contribution in [2.45, 2.75) is 26.4 Å². The van der Waals surface area contributed by atoms with Crippen molar-refractivity contribution in [3.8, 4) is 0 Å². The number of rotatable bonds is 3. The highest BCUT2D eigenvalue weighted by Gasteiger charge is 2.44. The summed E-state index contributed by atoms with van der Waals surface area (Å²) in [5.74, 6) is 0.244. The average molecular weight is 338 g/mol. The van der Waals surface area contributed by atoms with E-state index in [9.17, 15) is 4.79 Å². The van der Waals surface area contributed by atoms with E-state index in [-0.39, 0.29) is 11.8 Å². The van der Waals surface area contributed by atoms with Crippen LogP contribution in [0.3, 0.4) is 0 Å². The first-order chi connectivity index (χ1) is 12.0. The minimum absolute atomic E-state index is 0.0297. The fourth-order valence-electron chi connectivity index (χ4n) is 4.73. The Hall–Kier alpha value is -2.07. The molecule has 0 radical (unpaired) electrons. The van der Waals surface area contributed by atoms with E-state index in [2.05, 4.69) is 69.0 Å². The summed E-state index contributed by atoms with van der Waals surface area (Å²) in [7, 11) is 4.55. The summed E-state index contributed by atoms with van der Waals surface area (Å²) in [6.45, 7) is 7.55. The van der Waals surface area contributed by atoms with Crippen molar-refractivity contribution in [3.05, 3.63) is 42.1 Å². The van der Waals surface area contributed by atoms with Crippen LogP contribution in [0.4, 0.5) is 0 Å².